The summed E-state index contributed by atoms with van der Waals surface area (Å²) in [6, 6.07) is 7.87. The molecule has 6 nitrogen and oxygen atoms in total. The molecule has 1 fully saturated rings. The summed E-state index contributed by atoms with van der Waals surface area (Å²) in [4.78, 5) is 27.6. The Hall–Kier alpha value is -2.34. The zero-order valence-electron chi connectivity index (χ0n) is 13.7. The van der Waals surface area contributed by atoms with Gasteiger partial charge in [0.15, 0.2) is 0 Å². The van der Waals surface area contributed by atoms with Gasteiger partial charge in [0.2, 0.25) is 0 Å². The maximum atomic E-state index is 12.3. The van der Waals surface area contributed by atoms with Crippen LogP contribution in [0, 0.1) is 0 Å². The number of β-amino-alcohol motifs (C(OH)–C–C–N with tert-alkyl or cyclic N) is 1. The molecule has 1 aromatic carbocycles. The third kappa shape index (κ3) is 3.43. The molecule has 1 saturated heterocycles. The van der Waals surface area contributed by atoms with E-state index in [0.29, 0.717) is 0 Å². The molecule has 2 N–H and O–H groups in total. The minimum absolute atomic E-state index is 0.0210. The number of nitrogens with one attached hydrogen (secondary N) is 1. The summed E-state index contributed by atoms with van der Waals surface area (Å²) >= 11 is 0. The van der Waals surface area contributed by atoms with Crippen LogP contribution in [0.2, 0.25) is 0 Å². The van der Waals surface area contributed by atoms with Crippen LogP contribution in [-0.4, -0.2) is 48.1 Å². The summed E-state index contributed by atoms with van der Waals surface area (Å²) in [5.74, 6) is -0.775. The number of anilines is 2. The Kier molecular flexibility index (Phi) is 5.15. The summed E-state index contributed by atoms with van der Waals surface area (Å²) in [7, 11) is 0. The molecule has 2 amide bonds. The normalized spacial score (nSPS) is 18.6. The second-order valence-corrected chi connectivity index (χ2v) is 6.12. The van der Waals surface area contributed by atoms with Crippen molar-refractivity contribution >= 4 is 23.2 Å². The van der Waals surface area contributed by atoms with Crippen molar-refractivity contribution in [2.24, 2.45) is 0 Å². The molecule has 6 heteroatoms. The standard InChI is InChI=1S/C18H23N3O3/c22-12-11-21-17(23)13-15(18(21)24)19-14-7-3-4-8-16(14)20-9-5-1-2-6-10-20/h3-4,7-8,13,19,22H,1-2,5-6,9-12H2. The quantitative estimate of drug-likeness (QED) is 0.805. The Bertz CT molecular complexity index is 649. The molecule has 0 radical (unpaired) electrons. The highest BCUT2D eigenvalue weighted by molar-refractivity contribution is 6.17. The van der Waals surface area contributed by atoms with Crippen LogP contribution in [0.25, 0.3) is 0 Å². The number of para-hydroxylation sites is 2. The van der Waals surface area contributed by atoms with Gasteiger partial charge in [0, 0.05) is 19.2 Å². The molecule has 0 atom stereocenters. The van der Waals surface area contributed by atoms with E-state index >= 15 is 0 Å². The van der Waals surface area contributed by atoms with Crippen LogP contribution in [0.3, 0.4) is 0 Å². The Morgan fingerprint density at radius 1 is 1.04 bits per heavy atom. The number of imide groups is 1. The lowest BCUT2D eigenvalue weighted by molar-refractivity contribution is -0.137. The number of nitrogens with zero attached hydrogens (tertiary/aromatic N) is 2. The SMILES string of the molecule is O=C1C=C(Nc2ccccc2N2CCCCCC2)C(=O)N1CCO. The smallest absolute Gasteiger partial charge is 0.277 e. The van der Waals surface area contributed by atoms with Crippen LogP contribution >= 0.6 is 0 Å². The zero-order valence-corrected chi connectivity index (χ0v) is 13.7. The highest BCUT2D eigenvalue weighted by atomic mass is 16.3. The van der Waals surface area contributed by atoms with Gasteiger partial charge in [-0.05, 0) is 25.0 Å². The lowest BCUT2D eigenvalue weighted by Gasteiger charge is -2.26. The van der Waals surface area contributed by atoms with Gasteiger partial charge >= 0.3 is 0 Å². The van der Waals surface area contributed by atoms with E-state index in [1.165, 1.54) is 31.8 Å². The van der Waals surface area contributed by atoms with Crippen molar-refractivity contribution in [3.8, 4) is 0 Å². The average Bonchev–Trinajstić information content (AvgIpc) is 2.79. The molecule has 0 saturated carbocycles. The van der Waals surface area contributed by atoms with Crippen molar-refractivity contribution < 1.29 is 14.7 Å². The number of amides is 2. The number of carbonyl (C=O) groups is 2. The van der Waals surface area contributed by atoms with Gasteiger partial charge in [0.1, 0.15) is 5.70 Å². The van der Waals surface area contributed by atoms with E-state index in [4.69, 9.17) is 5.11 Å². The lowest BCUT2D eigenvalue weighted by Crippen LogP contribution is -2.34. The zero-order chi connectivity index (χ0) is 16.9. The van der Waals surface area contributed by atoms with E-state index in [-0.39, 0.29) is 30.7 Å². The lowest BCUT2D eigenvalue weighted by atomic mass is 10.2. The fraction of sp³-hybridized carbons (Fsp3) is 0.444. The average molecular weight is 329 g/mol. The van der Waals surface area contributed by atoms with Crippen molar-refractivity contribution in [2.75, 3.05) is 36.5 Å². The Morgan fingerprint density at radius 2 is 1.75 bits per heavy atom. The molecule has 3 rings (SSSR count). The van der Waals surface area contributed by atoms with E-state index in [1.54, 1.807) is 0 Å². The monoisotopic (exact) mass is 329 g/mol. The first-order chi connectivity index (χ1) is 11.7. The molecular formula is C18H23N3O3. The molecule has 0 bridgehead atoms. The summed E-state index contributed by atoms with van der Waals surface area (Å²) in [6.45, 7) is 1.79. The first kappa shape index (κ1) is 16.5. The molecule has 1 aromatic rings. The fourth-order valence-electron chi connectivity index (χ4n) is 3.22. The highest BCUT2D eigenvalue weighted by Gasteiger charge is 2.31. The minimum Gasteiger partial charge on any atom is -0.395 e. The van der Waals surface area contributed by atoms with Crippen molar-refractivity contribution in [1.82, 2.24) is 4.90 Å². The van der Waals surface area contributed by atoms with Crippen LogP contribution in [0.1, 0.15) is 25.7 Å². The molecule has 0 aromatic heterocycles. The van der Waals surface area contributed by atoms with E-state index in [9.17, 15) is 9.59 Å². The van der Waals surface area contributed by atoms with Gasteiger partial charge in [-0.2, -0.15) is 0 Å². The van der Waals surface area contributed by atoms with Crippen LogP contribution < -0.4 is 10.2 Å². The van der Waals surface area contributed by atoms with Crippen LogP contribution in [-0.2, 0) is 9.59 Å². The van der Waals surface area contributed by atoms with Gasteiger partial charge in [0.25, 0.3) is 11.8 Å². The van der Waals surface area contributed by atoms with Crippen LogP contribution in [0.4, 0.5) is 11.4 Å². The molecule has 2 aliphatic rings. The molecule has 24 heavy (non-hydrogen) atoms. The third-order valence-electron chi connectivity index (χ3n) is 4.45. The van der Waals surface area contributed by atoms with Crippen LogP contribution in [0.15, 0.2) is 36.0 Å². The van der Waals surface area contributed by atoms with Gasteiger partial charge in [-0.3, -0.25) is 14.5 Å². The van der Waals surface area contributed by atoms with Crippen molar-refractivity contribution in [2.45, 2.75) is 25.7 Å². The molecule has 0 spiro atoms. The highest BCUT2D eigenvalue weighted by Crippen LogP contribution is 2.30. The molecule has 0 aliphatic carbocycles. The van der Waals surface area contributed by atoms with E-state index in [2.05, 4.69) is 10.2 Å². The van der Waals surface area contributed by atoms with Gasteiger partial charge in [-0.1, -0.05) is 25.0 Å². The number of benzene rings is 1. The van der Waals surface area contributed by atoms with Crippen molar-refractivity contribution in [3.05, 3.63) is 36.0 Å². The summed E-state index contributed by atoms with van der Waals surface area (Å²) in [5, 5.41) is 12.1. The Labute approximate surface area is 141 Å². The number of rotatable bonds is 5. The number of hydrogen-bond donors (Lipinski definition) is 2. The Balaban J connectivity index is 1.80. The number of aliphatic hydroxyl groups excluding tert-OH is 1. The number of aliphatic hydroxyl groups is 1. The van der Waals surface area contributed by atoms with Gasteiger partial charge in [-0.15, -0.1) is 0 Å². The second-order valence-electron chi connectivity index (χ2n) is 6.12. The topological polar surface area (TPSA) is 72.9 Å². The van der Waals surface area contributed by atoms with Crippen molar-refractivity contribution in [1.29, 1.82) is 0 Å². The van der Waals surface area contributed by atoms with E-state index in [0.717, 1.165) is 29.4 Å². The van der Waals surface area contributed by atoms with Gasteiger partial charge in [0.05, 0.1) is 24.5 Å². The molecule has 128 valence electrons. The molecular weight excluding hydrogens is 306 g/mol. The van der Waals surface area contributed by atoms with Crippen LogP contribution in [0.5, 0.6) is 0 Å². The van der Waals surface area contributed by atoms with Crippen molar-refractivity contribution in [3.63, 3.8) is 0 Å². The number of hydrogen-bond acceptors (Lipinski definition) is 5. The molecule has 2 heterocycles. The van der Waals surface area contributed by atoms with E-state index in [1.807, 2.05) is 24.3 Å². The maximum absolute atomic E-state index is 12.3. The summed E-state index contributed by atoms with van der Waals surface area (Å²) in [5.41, 5.74) is 2.15. The predicted molar refractivity (Wildman–Crippen MR) is 92.6 cm³/mol. The van der Waals surface area contributed by atoms with Gasteiger partial charge < -0.3 is 15.3 Å². The van der Waals surface area contributed by atoms with E-state index < -0.39 is 0 Å². The first-order valence-electron chi connectivity index (χ1n) is 8.50. The molecule has 0 unspecified atom stereocenters. The number of carbonyl (C=O) groups excluding carboxylic acids is 2. The summed E-state index contributed by atoms with van der Waals surface area (Å²) < 4.78 is 0. The second kappa shape index (κ2) is 7.49. The Morgan fingerprint density at radius 3 is 2.46 bits per heavy atom. The minimum atomic E-state index is -0.389. The first-order valence-corrected chi connectivity index (χ1v) is 8.50. The predicted octanol–water partition coefficient (Wildman–Crippen LogP) is 1.72. The summed E-state index contributed by atoms with van der Waals surface area (Å²) in [6.07, 6.45) is 6.13. The largest absolute Gasteiger partial charge is 0.395 e. The third-order valence-corrected chi connectivity index (χ3v) is 4.45. The van der Waals surface area contributed by atoms with Gasteiger partial charge in [-0.25, -0.2) is 0 Å². The maximum Gasteiger partial charge on any atom is 0.277 e. The molecule has 2 aliphatic heterocycles. The fourth-order valence-corrected chi connectivity index (χ4v) is 3.22.